The van der Waals surface area contributed by atoms with Gasteiger partial charge >= 0.3 is 0 Å². The summed E-state index contributed by atoms with van der Waals surface area (Å²) in [6.07, 6.45) is 12.6. The smallest absolute Gasteiger partial charge is 0.267 e. The van der Waals surface area contributed by atoms with E-state index in [1.807, 2.05) is 36.8 Å². The van der Waals surface area contributed by atoms with Gasteiger partial charge in [0.25, 0.3) is 5.91 Å². The Hall–Kier alpha value is -3.26. The predicted molar refractivity (Wildman–Crippen MR) is 121 cm³/mol. The highest BCUT2D eigenvalue weighted by Gasteiger charge is 2.25. The molecule has 4 heterocycles. The largest absolute Gasteiger partial charge is 0.378 e. The number of nitrogens with zero attached hydrogens (tertiary/aromatic N) is 5. The number of hydrogen-bond donors (Lipinski definition) is 1. The fourth-order valence-electron chi connectivity index (χ4n) is 3.94. The molecule has 1 N–H and O–H groups in total. The van der Waals surface area contributed by atoms with Crippen LogP contribution in [0.15, 0.2) is 49.2 Å². The first-order valence-corrected chi connectivity index (χ1v) is 11.3. The molecule has 0 atom stereocenters. The third-order valence-corrected chi connectivity index (χ3v) is 5.97. The first kappa shape index (κ1) is 20.6. The van der Waals surface area contributed by atoms with E-state index in [1.165, 1.54) is 12.8 Å². The minimum Gasteiger partial charge on any atom is -0.378 e. The number of carbonyl (C=O) groups excluding carboxylic acids is 1. The maximum atomic E-state index is 13.0. The van der Waals surface area contributed by atoms with Gasteiger partial charge in [-0.2, -0.15) is 0 Å². The van der Waals surface area contributed by atoms with Crippen LogP contribution in [0, 0.1) is 5.92 Å². The van der Waals surface area contributed by atoms with Crippen LogP contribution in [0.4, 0.5) is 5.95 Å². The van der Waals surface area contributed by atoms with E-state index in [-0.39, 0.29) is 5.91 Å². The van der Waals surface area contributed by atoms with Crippen LogP contribution in [0.2, 0.25) is 0 Å². The molecule has 5 rings (SSSR count). The van der Waals surface area contributed by atoms with Gasteiger partial charge in [-0.15, -0.1) is 0 Å². The highest BCUT2D eigenvalue weighted by molar-refractivity contribution is 5.94. The Balaban J connectivity index is 1.29. The molecule has 1 aliphatic heterocycles. The molecule has 0 spiro atoms. The molecule has 0 radical (unpaired) electrons. The van der Waals surface area contributed by atoms with Crippen LogP contribution in [0.25, 0.3) is 11.1 Å². The van der Waals surface area contributed by atoms with E-state index in [1.54, 1.807) is 6.20 Å². The number of amides is 1. The molecule has 1 amide bonds. The molecule has 1 saturated carbocycles. The van der Waals surface area contributed by atoms with Crippen molar-refractivity contribution in [2.45, 2.75) is 25.8 Å². The molecule has 0 bridgehead atoms. The molecule has 2 aliphatic rings. The summed E-state index contributed by atoms with van der Waals surface area (Å²) in [4.78, 5) is 28.4. The molecule has 8 nitrogen and oxygen atoms in total. The van der Waals surface area contributed by atoms with E-state index in [9.17, 15) is 4.79 Å². The minimum atomic E-state index is -0.0494. The monoisotopic (exact) mass is 432 g/mol. The highest BCUT2D eigenvalue weighted by atomic mass is 16.5. The minimum absolute atomic E-state index is 0.0494. The topological polar surface area (TPSA) is 85.2 Å². The lowest BCUT2D eigenvalue weighted by Crippen LogP contribution is -2.37. The Kier molecular flexibility index (Phi) is 6.11. The Morgan fingerprint density at radius 3 is 2.66 bits per heavy atom. The summed E-state index contributed by atoms with van der Waals surface area (Å²) >= 11 is 0. The summed E-state index contributed by atoms with van der Waals surface area (Å²) in [5.74, 6) is 1.34. The van der Waals surface area contributed by atoms with Gasteiger partial charge in [0.2, 0.25) is 5.95 Å². The normalized spacial score (nSPS) is 16.2. The van der Waals surface area contributed by atoms with Crippen molar-refractivity contribution in [2.75, 3.05) is 37.7 Å². The lowest BCUT2D eigenvalue weighted by Gasteiger charge is -2.26. The van der Waals surface area contributed by atoms with E-state index >= 15 is 0 Å². The van der Waals surface area contributed by atoms with Crippen molar-refractivity contribution < 1.29 is 9.53 Å². The first-order valence-electron chi connectivity index (χ1n) is 11.3. The van der Waals surface area contributed by atoms with Crippen molar-refractivity contribution in [2.24, 2.45) is 5.92 Å². The second-order valence-corrected chi connectivity index (χ2v) is 8.45. The molecule has 1 aliphatic carbocycles. The van der Waals surface area contributed by atoms with Crippen molar-refractivity contribution in [3.05, 3.63) is 60.4 Å². The zero-order chi connectivity index (χ0) is 21.8. The number of carbonyl (C=O) groups is 1. The Labute approximate surface area is 187 Å². The highest BCUT2D eigenvalue weighted by Crippen LogP contribution is 2.32. The van der Waals surface area contributed by atoms with Gasteiger partial charge < -0.3 is 19.5 Å². The van der Waals surface area contributed by atoms with E-state index in [2.05, 4.69) is 35.9 Å². The summed E-state index contributed by atoms with van der Waals surface area (Å²) in [6.45, 7) is 4.47. The van der Waals surface area contributed by atoms with E-state index in [0.717, 1.165) is 48.7 Å². The summed E-state index contributed by atoms with van der Waals surface area (Å²) in [7, 11) is 0. The zero-order valence-electron chi connectivity index (χ0n) is 18.1. The number of nitrogens with one attached hydrogen (secondary N) is 1. The molecule has 166 valence electrons. The summed E-state index contributed by atoms with van der Waals surface area (Å²) in [5.41, 5.74) is 3.69. The second-order valence-electron chi connectivity index (χ2n) is 8.45. The zero-order valence-corrected chi connectivity index (χ0v) is 18.1. The molecule has 1 saturated heterocycles. The van der Waals surface area contributed by atoms with Crippen LogP contribution >= 0.6 is 0 Å². The third kappa shape index (κ3) is 4.96. The number of anilines is 1. The number of hydrogen-bond acceptors (Lipinski definition) is 6. The van der Waals surface area contributed by atoms with E-state index in [4.69, 9.17) is 4.74 Å². The summed E-state index contributed by atoms with van der Waals surface area (Å²) in [5, 5.41) is 3.06. The van der Waals surface area contributed by atoms with Gasteiger partial charge in [0.05, 0.1) is 13.2 Å². The third-order valence-electron chi connectivity index (χ3n) is 5.97. The molecule has 3 aromatic heterocycles. The average molecular weight is 433 g/mol. The fourth-order valence-corrected chi connectivity index (χ4v) is 3.94. The number of rotatable bonds is 8. The lowest BCUT2D eigenvalue weighted by atomic mass is 10.2. The molecule has 8 heteroatoms. The predicted octanol–water partition coefficient (Wildman–Crippen LogP) is 2.56. The van der Waals surface area contributed by atoms with Crippen molar-refractivity contribution in [3.8, 4) is 11.1 Å². The maximum Gasteiger partial charge on any atom is 0.267 e. The van der Waals surface area contributed by atoms with Gasteiger partial charge in [-0.05, 0) is 42.9 Å². The molecule has 0 aromatic carbocycles. The number of pyridine rings is 1. The standard InChI is InChI=1S/C24H28N6O2/c31-23(26-7-5-18-2-1-6-25-13-18)22-12-20(17-30(22)16-19-3-4-19)21-14-27-24(28-15-21)29-8-10-32-11-9-29/h1-2,6,12-15,17,19H,3-5,7-11,16H2,(H,26,31). The SMILES string of the molecule is O=C(NCCc1cccnc1)c1cc(-c2cnc(N3CCOCC3)nc2)cn1CC1CC1. The molecule has 3 aromatic rings. The summed E-state index contributed by atoms with van der Waals surface area (Å²) in [6, 6.07) is 5.89. The van der Waals surface area contributed by atoms with Crippen LogP contribution in [-0.2, 0) is 17.7 Å². The van der Waals surface area contributed by atoms with Gasteiger partial charge in [-0.3, -0.25) is 9.78 Å². The van der Waals surface area contributed by atoms with Crippen molar-refractivity contribution in [3.63, 3.8) is 0 Å². The first-order chi connectivity index (χ1) is 15.8. The second kappa shape index (κ2) is 9.48. The van der Waals surface area contributed by atoms with Crippen LogP contribution in [0.5, 0.6) is 0 Å². The van der Waals surface area contributed by atoms with E-state index in [0.29, 0.717) is 31.4 Å². The molecule has 0 unspecified atom stereocenters. The molecular formula is C24H28N6O2. The number of ether oxygens (including phenoxy) is 1. The quantitative estimate of drug-likeness (QED) is 0.589. The molecular weight excluding hydrogens is 404 g/mol. The number of aromatic nitrogens is 4. The summed E-state index contributed by atoms with van der Waals surface area (Å²) < 4.78 is 7.49. The lowest BCUT2D eigenvalue weighted by molar-refractivity contribution is 0.0944. The van der Waals surface area contributed by atoms with Crippen molar-refractivity contribution >= 4 is 11.9 Å². The van der Waals surface area contributed by atoms with Gasteiger partial charge in [0.15, 0.2) is 0 Å². The van der Waals surface area contributed by atoms with Gasteiger partial charge in [-0.25, -0.2) is 9.97 Å². The fraction of sp³-hybridized carbons (Fsp3) is 0.417. The van der Waals surface area contributed by atoms with E-state index < -0.39 is 0 Å². The Morgan fingerprint density at radius 2 is 1.94 bits per heavy atom. The molecule has 32 heavy (non-hydrogen) atoms. The van der Waals surface area contributed by atoms with Crippen LogP contribution in [-0.4, -0.2) is 58.3 Å². The van der Waals surface area contributed by atoms with Crippen LogP contribution in [0.3, 0.4) is 0 Å². The average Bonchev–Trinajstić information content (AvgIpc) is 3.56. The maximum absolute atomic E-state index is 13.0. The van der Waals surface area contributed by atoms with Crippen molar-refractivity contribution in [1.29, 1.82) is 0 Å². The van der Waals surface area contributed by atoms with Crippen LogP contribution < -0.4 is 10.2 Å². The van der Waals surface area contributed by atoms with Gasteiger partial charge in [0, 0.05) is 68.3 Å². The van der Waals surface area contributed by atoms with Crippen LogP contribution in [0.1, 0.15) is 28.9 Å². The Morgan fingerprint density at radius 1 is 1.12 bits per heavy atom. The number of morpholine rings is 1. The van der Waals surface area contributed by atoms with Gasteiger partial charge in [-0.1, -0.05) is 6.07 Å². The Bertz CT molecular complexity index is 1040. The molecule has 2 fully saturated rings. The van der Waals surface area contributed by atoms with Gasteiger partial charge in [0.1, 0.15) is 5.69 Å². The van der Waals surface area contributed by atoms with Crippen molar-refractivity contribution in [1.82, 2.24) is 24.8 Å².